The lowest BCUT2D eigenvalue weighted by Gasteiger charge is -2.27. The van der Waals surface area contributed by atoms with Gasteiger partial charge in [0.05, 0.1) is 16.7 Å². The Balaban J connectivity index is 2.61. The van der Waals surface area contributed by atoms with E-state index in [1.54, 1.807) is 31.3 Å². The molecule has 0 amide bonds. The molecule has 0 bridgehead atoms. The van der Waals surface area contributed by atoms with Crippen LogP contribution >= 0.6 is 0 Å². The Morgan fingerprint density at radius 1 is 1.47 bits per heavy atom. The highest BCUT2D eigenvalue weighted by atomic mass is 16.6. The van der Waals surface area contributed by atoms with Crippen molar-refractivity contribution in [2.24, 2.45) is 0 Å². The summed E-state index contributed by atoms with van der Waals surface area (Å²) in [5.41, 5.74) is 1.06. The number of hydrogen-bond acceptors (Lipinski definition) is 4. The molecule has 5 nitrogen and oxygen atoms in total. The maximum atomic E-state index is 10.8. The number of aliphatic hydroxyl groups is 1. The fourth-order valence-corrected chi connectivity index (χ4v) is 1.65. The summed E-state index contributed by atoms with van der Waals surface area (Å²) in [6.45, 7) is 0. The molecular weight excluding hydrogens is 196 g/mol. The average Bonchev–Trinajstić information content (AvgIpc) is 2.23. The first-order valence-electron chi connectivity index (χ1n) is 4.47. The smallest absolute Gasteiger partial charge is 0.292 e. The van der Waals surface area contributed by atoms with Crippen LogP contribution in [-0.4, -0.2) is 22.0 Å². The van der Waals surface area contributed by atoms with Gasteiger partial charge in [0.2, 0.25) is 0 Å². The number of aliphatic hydroxyl groups excluding tert-OH is 1. The van der Waals surface area contributed by atoms with Gasteiger partial charge in [-0.2, -0.15) is 0 Å². The maximum Gasteiger partial charge on any atom is 0.292 e. The minimum absolute atomic E-state index is 0.0124. The van der Waals surface area contributed by atoms with Gasteiger partial charge in [0.1, 0.15) is 0 Å². The molecule has 0 fully saturated rings. The third-order valence-corrected chi connectivity index (χ3v) is 2.42. The summed E-state index contributed by atoms with van der Waals surface area (Å²) in [6, 6.07) is 6.79. The van der Waals surface area contributed by atoms with Crippen LogP contribution in [0.15, 0.2) is 30.5 Å². The van der Waals surface area contributed by atoms with Gasteiger partial charge in [-0.1, -0.05) is 18.2 Å². The van der Waals surface area contributed by atoms with Crippen molar-refractivity contribution in [2.75, 3.05) is 7.05 Å². The first kappa shape index (κ1) is 9.67. The Labute approximate surface area is 86.4 Å². The zero-order valence-corrected chi connectivity index (χ0v) is 8.12. The van der Waals surface area contributed by atoms with E-state index in [1.807, 2.05) is 0 Å². The topological polar surface area (TPSA) is 66.6 Å². The number of fused-ring (bicyclic) bond motifs is 1. The van der Waals surface area contributed by atoms with Crippen molar-refractivity contribution in [3.05, 3.63) is 51.7 Å². The quantitative estimate of drug-likeness (QED) is 0.553. The molecule has 0 aliphatic carbocycles. The highest BCUT2D eigenvalue weighted by Gasteiger charge is 2.29. The van der Waals surface area contributed by atoms with Crippen molar-refractivity contribution in [1.82, 2.24) is 4.90 Å². The van der Waals surface area contributed by atoms with E-state index in [-0.39, 0.29) is 5.70 Å². The molecule has 1 atom stereocenters. The van der Waals surface area contributed by atoms with E-state index in [4.69, 9.17) is 0 Å². The van der Waals surface area contributed by atoms with Crippen molar-refractivity contribution < 1.29 is 10.0 Å². The molecule has 1 heterocycles. The summed E-state index contributed by atoms with van der Waals surface area (Å²) in [4.78, 5) is 11.8. The van der Waals surface area contributed by atoms with E-state index in [2.05, 4.69) is 0 Å². The second-order valence-corrected chi connectivity index (χ2v) is 3.40. The molecule has 0 radical (unpaired) electrons. The SMILES string of the molecule is CN1C=C([N+](=O)[O-])c2ccccc2C1O. The standard InChI is InChI=1S/C10H10N2O3/c1-11-6-9(12(14)15)7-4-2-3-5-8(7)10(11)13/h2-6,10,13H,1H3. The van der Waals surface area contributed by atoms with E-state index < -0.39 is 11.2 Å². The number of rotatable bonds is 1. The van der Waals surface area contributed by atoms with Crippen LogP contribution < -0.4 is 0 Å². The molecule has 1 unspecified atom stereocenters. The molecule has 1 aliphatic rings. The summed E-state index contributed by atoms with van der Waals surface area (Å²) in [5, 5.41) is 20.6. The van der Waals surface area contributed by atoms with E-state index in [9.17, 15) is 15.2 Å². The summed E-state index contributed by atoms with van der Waals surface area (Å²) in [6.07, 6.45) is 0.525. The van der Waals surface area contributed by atoms with Crippen molar-refractivity contribution >= 4 is 5.70 Å². The van der Waals surface area contributed by atoms with Gasteiger partial charge in [-0.15, -0.1) is 0 Å². The van der Waals surface area contributed by atoms with Gasteiger partial charge in [0, 0.05) is 12.6 Å². The number of nitrogens with zero attached hydrogens (tertiary/aromatic N) is 2. The third kappa shape index (κ3) is 1.46. The second kappa shape index (κ2) is 3.36. The van der Waals surface area contributed by atoms with Crippen molar-refractivity contribution in [3.8, 4) is 0 Å². The Morgan fingerprint density at radius 2 is 2.13 bits per heavy atom. The monoisotopic (exact) mass is 206 g/mol. The molecule has 0 aromatic heterocycles. The zero-order chi connectivity index (χ0) is 11.0. The largest absolute Gasteiger partial charge is 0.369 e. The Morgan fingerprint density at radius 3 is 2.80 bits per heavy atom. The molecule has 2 rings (SSSR count). The lowest BCUT2D eigenvalue weighted by Crippen LogP contribution is -2.25. The van der Waals surface area contributed by atoms with Crippen molar-refractivity contribution in [2.45, 2.75) is 6.23 Å². The molecule has 1 aromatic rings. The molecule has 1 N–H and O–H groups in total. The maximum absolute atomic E-state index is 10.8. The highest BCUT2D eigenvalue weighted by Crippen LogP contribution is 2.31. The van der Waals surface area contributed by atoms with Gasteiger partial charge in [0.15, 0.2) is 6.23 Å². The highest BCUT2D eigenvalue weighted by molar-refractivity contribution is 5.64. The first-order valence-corrected chi connectivity index (χ1v) is 4.47. The van der Waals surface area contributed by atoms with Gasteiger partial charge < -0.3 is 10.0 Å². The summed E-state index contributed by atoms with van der Waals surface area (Å²) < 4.78 is 0. The molecular formula is C10H10N2O3. The molecule has 1 aromatic carbocycles. The predicted molar refractivity (Wildman–Crippen MR) is 54.1 cm³/mol. The van der Waals surface area contributed by atoms with Crippen LogP contribution in [0.4, 0.5) is 0 Å². The molecule has 78 valence electrons. The first-order chi connectivity index (χ1) is 7.11. The van der Waals surface area contributed by atoms with Crippen LogP contribution in [-0.2, 0) is 0 Å². The van der Waals surface area contributed by atoms with E-state index in [0.717, 1.165) is 0 Å². The Kier molecular flexibility index (Phi) is 2.17. The lowest BCUT2D eigenvalue weighted by atomic mass is 10.0. The van der Waals surface area contributed by atoms with Crippen molar-refractivity contribution in [3.63, 3.8) is 0 Å². The zero-order valence-electron chi connectivity index (χ0n) is 8.12. The Hall–Kier alpha value is -1.88. The molecule has 0 saturated carbocycles. The normalized spacial score (nSPS) is 19.5. The fraction of sp³-hybridized carbons (Fsp3) is 0.200. The van der Waals surface area contributed by atoms with Crippen LogP contribution in [0.3, 0.4) is 0 Å². The van der Waals surface area contributed by atoms with Crippen LogP contribution in [0.2, 0.25) is 0 Å². The third-order valence-electron chi connectivity index (χ3n) is 2.42. The van der Waals surface area contributed by atoms with E-state index in [1.165, 1.54) is 11.1 Å². The van der Waals surface area contributed by atoms with E-state index in [0.29, 0.717) is 11.1 Å². The molecule has 5 heteroatoms. The Bertz CT molecular complexity index is 442. The lowest BCUT2D eigenvalue weighted by molar-refractivity contribution is -0.377. The number of nitro groups is 1. The van der Waals surface area contributed by atoms with Crippen LogP contribution in [0, 0.1) is 10.1 Å². The molecule has 1 aliphatic heterocycles. The van der Waals surface area contributed by atoms with Gasteiger partial charge >= 0.3 is 0 Å². The van der Waals surface area contributed by atoms with Gasteiger partial charge in [-0.05, 0) is 6.07 Å². The summed E-state index contributed by atoms with van der Waals surface area (Å²) >= 11 is 0. The van der Waals surface area contributed by atoms with Crippen LogP contribution in [0.1, 0.15) is 17.4 Å². The molecule has 0 saturated heterocycles. The number of hydrogen-bond donors (Lipinski definition) is 1. The number of benzene rings is 1. The molecule has 15 heavy (non-hydrogen) atoms. The molecule has 0 spiro atoms. The van der Waals surface area contributed by atoms with Crippen LogP contribution in [0.25, 0.3) is 5.70 Å². The van der Waals surface area contributed by atoms with Gasteiger partial charge in [-0.25, -0.2) is 0 Å². The second-order valence-electron chi connectivity index (χ2n) is 3.40. The summed E-state index contributed by atoms with van der Waals surface area (Å²) in [5.74, 6) is 0. The van der Waals surface area contributed by atoms with Gasteiger partial charge in [0.25, 0.3) is 5.70 Å². The van der Waals surface area contributed by atoms with E-state index >= 15 is 0 Å². The predicted octanol–water partition coefficient (Wildman–Crippen LogP) is 1.20. The summed E-state index contributed by atoms with van der Waals surface area (Å²) in [7, 11) is 1.60. The minimum atomic E-state index is -0.815. The van der Waals surface area contributed by atoms with Crippen molar-refractivity contribution in [1.29, 1.82) is 0 Å². The van der Waals surface area contributed by atoms with Crippen LogP contribution in [0.5, 0.6) is 0 Å². The van der Waals surface area contributed by atoms with Gasteiger partial charge in [-0.3, -0.25) is 10.1 Å². The average molecular weight is 206 g/mol. The fourth-order valence-electron chi connectivity index (χ4n) is 1.65. The minimum Gasteiger partial charge on any atom is -0.369 e.